The minimum absolute atomic E-state index is 0.0355. The number of Topliss-reactive ketones (excluding diaryl/α,β-unsaturated/α-hetero) is 1. The Kier molecular flexibility index (Phi) is 9.91. The van der Waals surface area contributed by atoms with Crippen LogP contribution in [0.2, 0.25) is 0 Å². The number of hydrogen-bond acceptors (Lipinski definition) is 6. The van der Waals surface area contributed by atoms with Crippen molar-refractivity contribution in [3.8, 4) is 11.5 Å². The number of ether oxygens (including phenoxy) is 5. The molecule has 0 aliphatic heterocycles. The summed E-state index contributed by atoms with van der Waals surface area (Å²) in [6.45, 7) is 4.54. The van der Waals surface area contributed by atoms with Gasteiger partial charge in [-0.3, -0.25) is 4.79 Å². The zero-order valence-corrected chi connectivity index (χ0v) is 19.0. The van der Waals surface area contributed by atoms with E-state index in [-0.39, 0.29) is 25.5 Å². The largest absolute Gasteiger partial charge is 0.468 e. The lowest BCUT2D eigenvalue weighted by atomic mass is 10.1. The lowest BCUT2D eigenvalue weighted by Crippen LogP contribution is -2.23. The van der Waals surface area contributed by atoms with Gasteiger partial charge in [0, 0.05) is 11.1 Å². The third-order valence-corrected chi connectivity index (χ3v) is 4.86. The molecule has 0 bridgehead atoms. The van der Waals surface area contributed by atoms with E-state index in [1.165, 1.54) is 0 Å². The first-order valence-corrected chi connectivity index (χ1v) is 10.9. The molecule has 33 heavy (non-hydrogen) atoms. The van der Waals surface area contributed by atoms with Crippen molar-refractivity contribution in [2.45, 2.75) is 32.7 Å². The quantitative estimate of drug-likeness (QED) is 0.189. The van der Waals surface area contributed by atoms with Crippen LogP contribution in [0.4, 0.5) is 0 Å². The van der Waals surface area contributed by atoms with Gasteiger partial charge in [-0.15, -0.1) is 0 Å². The van der Waals surface area contributed by atoms with Crippen LogP contribution in [0.1, 0.15) is 29.8 Å². The summed E-state index contributed by atoms with van der Waals surface area (Å²) in [5, 5.41) is 0. The van der Waals surface area contributed by atoms with Gasteiger partial charge in [-0.05, 0) is 32.0 Å². The molecular weight excluding hydrogens is 420 g/mol. The number of para-hydroxylation sites is 2. The maximum Gasteiger partial charge on any atom is 0.191 e. The van der Waals surface area contributed by atoms with Crippen molar-refractivity contribution in [3.63, 3.8) is 0 Å². The molecule has 3 rings (SSSR count). The molecule has 0 amide bonds. The van der Waals surface area contributed by atoms with Crippen molar-refractivity contribution < 1.29 is 28.5 Å². The molecule has 0 fully saturated rings. The van der Waals surface area contributed by atoms with E-state index in [1.807, 2.05) is 79.7 Å². The highest BCUT2D eigenvalue weighted by Gasteiger charge is 2.16. The van der Waals surface area contributed by atoms with Crippen molar-refractivity contribution >= 4 is 5.78 Å². The van der Waals surface area contributed by atoms with Gasteiger partial charge in [0.1, 0.15) is 17.6 Å². The second-order valence-corrected chi connectivity index (χ2v) is 7.48. The highest BCUT2D eigenvalue weighted by molar-refractivity contribution is 5.99. The summed E-state index contributed by atoms with van der Waals surface area (Å²) in [6.07, 6.45) is -0.733. The van der Waals surface area contributed by atoms with Crippen molar-refractivity contribution in [1.82, 2.24) is 0 Å². The van der Waals surface area contributed by atoms with Crippen molar-refractivity contribution in [3.05, 3.63) is 96.1 Å². The number of hydrogen-bond donors (Lipinski definition) is 0. The first-order chi connectivity index (χ1) is 16.1. The molecule has 0 radical (unpaired) electrons. The van der Waals surface area contributed by atoms with Crippen LogP contribution in [0.25, 0.3) is 0 Å². The predicted molar refractivity (Wildman–Crippen MR) is 125 cm³/mol. The highest BCUT2D eigenvalue weighted by atomic mass is 16.7. The van der Waals surface area contributed by atoms with Crippen LogP contribution in [0, 0.1) is 0 Å². The van der Waals surface area contributed by atoms with Crippen LogP contribution >= 0.6 is 0 Å². The summed E-state index contributed by atoms with van der Waals surface area (Å²) in [5.74, 6) is 1.33. The number of rotatable bonds is 14. The van der Waals surface area contributed by atoms with Gasteiger partial charge in [-0.2, -0.15) is 0 Å². The first-order valence-electron chi connectivity index (χ1n) is 10.9. The Bertz CT molecular complexity index is 961. The molecule has 174 valence electrons. The summed E-state index contributed by atoms with van der Waals surface area (Å²) in [5.41, 5.74) is 1.50. The first kappa shape index (κ1) is 24.5. The number of benzene rings is 3. The van der Waals surface area contributed by atoms with Gasteiger partial charge >= 0.3 is 0 Å². The molecule has 0 heterocycles. The van der Waals surface area contributed by atoms with E-state index in [0.717, 1.165) is 11.3 Å². The summed E-state index contributed by atoms with van der Waals surface area (Å²) >= 11 is 0. The van der Waals surface area contributed by atoms with Crippen molar-refractivity contribution in [2.24, 2.45) is 0 Å². The van der Waals surface area contributed by atoms with Crippen LogP contribution in [-0.2, 0) is 20.8 Å². The average molecular weight is 451 g/mol. The van der Waals surface area contributed by atoms with Crippen LogP contribution in [0.5, 0.6) is 11.5 Å². The number of ketones is 1. The second-order valence-electron chi connectivity index (χ2n) is 7.48. The fraction of sp³-hybridized carbons (Fsp3) is 0.296. The lowest BCUT2D eigenvalue weighted by Gasteiger charge is -2.17. The highest BCUT2D eigenvalue weighted by Crippen LogP contribution is 2.20. The third-order valence-electron chi connectivity index (χ3n) is 4.86. The zero-order valence-electron chi connectivity index (χ0n) is 19.0. The maximum atomic E-state index is 12.4. The smallest absolute Gasteiger partial charge is 0.191 e. The summed E-state index contributed by atoms with van der Waals surface area (Å²) in [6, 6.07) is 26.2. The van der Waals surface area contributed by atoms with Crippen LogP contribution in [0.3, 0.4) is 0 Å². The van der Waals surface area contributed by atoms with E-state index >= 15 is 0 Å². The zero-order chi connectivity index (χ0) is 23.3. The lowest BCUT2D eigenvalue weighted by molar-refractivity contribution is -0.0555. The molecule has 0 aromatic heterocycles. The van der Waals surface area contributed by atoms with Gasteiger partial charge in [0.2, 0.25) is 0 Å². The molecule has 0 N–H and O–H groups in total. The molecule has 2 unspecified atom stereocenters. The van der Waals surface area contributed by atoms with Gasteiger partial charge in [0.25, 0.3) is 0 Å². The Hall–Kier alpha value is -3.19. The van der Waals surface area contributed by atoms with E-state index in [4.69, 9.17) is 23.7 Å². The molecule has 0 aliphatic carbocycles. The molecule has 3 aromatic carbocycles. The Morgan fingerprint density at radius 3 is 2.18 bits per heavy atom. The van der Waals surface area contributed by atoms with E-state index in [1.54, 1.807) is 19.1 Å². The van der Waals surface area contributed by atoms with Crippen LogP contribution in [-0.4, -0.2) is 38.2 Å². The summed E-state index contributed by atoms with van der Waals surface area (Å²) in [7, 11) is 0. The van der Waals surface area contributed by atoms with Gasteiger partial charge in [-0.25, -0.2) is 0 Å². The molecule has 6 nitrogen and oxygen atoms in total. The third kappa shape index (κ3) is 8.35. The van der Waals surface area contributed by atoms with E-state index in [9.17, 15) is 4.79 Å². The minimum Gasteiger partial charge on any atom is -0.468 e. The summed E-state index contributed by atoms with van der Waals surface area (Å²) in [4.78, 5) is 12.4. The molecule has 3 aromatic rings. The Labute approximate surface area is 195 Å². The monoisotopic (exact) mass is 450 g/mol. The van der Waals surface area contributed by atoms with E-state index in [0.29, 0.717) is 24.5 Å². The predicted octanol–water partition coefficient (Wildman–Crippen LogP) is 5.27. The maximum absolute atomic E-state index is 12.4. The van der Waals surface area contributed by atoms with Crippen molar-refractivity contribution in [2.75, 3.05) is 20.2 Å². The van der Waals surface area contributed by atoms with Crippen molar-refractivity contribution in [1.29, 1.82) is 0 Å². The minimum atomic E-state index is -0.605. The average Bonchev–Trinajstić information content (AvgIpc) is 2.86. The molecule has 6 heteroatoms. The Morgan fingerprint density at radius 2 is 1.42 bits per heavy atom. The molecule has 2 atom stereocenters. The van der Waals surface area contributed by atoms with Crippen LogP contribution in [0.15, 0.2) is 84.9 Å². The Balaban J connectivity index is 1.38. The second kappa shape index (κ2) is 13.4. The molecule has 0 aliphatic rings. The number of carbonyl (C=O) groups excluding carboxylic acids is 1. The standard InChI is InChI=1S/C27H30O6/c1-21(17-29-19-32-25-14-7-4-8-15-25)30-18-24-13-9-10-16-26(24)33-20-31-22(2)27(28)23-11-5-3-6-12-23/h3-16,21-22H,17-20H2,1-2H3. The van der Waals surface area contributed by atoms with Gasteiger partial charge in [0.05, 0.1) is 19.3 Å². The Morgan fingerprint density at radius 1 is 0.758 bits per heavy atom. The fourth-order valence-corrected chi connectivity index (χ4v) is 3.00. The van der Waals surface area contributed by atoms with E-state index < -0.39 is 6.10 Å². The fourth-order valence-electron chi connectivity index (χ4n) is 3.00. The molecule has 0 spiro atoms. The van der Waals surface area contributed by atoms with Gasteiger partial charge in [0.15, 0.2) is 19.4 Å². The molecular formula is C27H30O6. The molecule has 0 saturated carbocycles. The van der Waals surface area contributed by atoms with E-state index in [2.05, 4.69) is 0 Å². The topological polar surface area (TPSA) is 63.2 Å². The van der Waals surface area contributed by atoms with Crippen LogP contribution < -0.4 is 9.47 Å². The summed E-state index contributed by atoms with van der Waals surface area (Å²) < 4.78 is 28.3. The van der Waals surface area contributed by atoms with Gasteiger partial charge in [-0.1, -0.05) is 66.7 Å². The number of carbonyl (C=O) groups is 1. The SMILES string of the molecule is CC(COCOc1ccccc1)OCc1ccccc1OCOC(C)C(=O)c1ccccc1. The van der Waals surface area contributed by atoms with Gasteiger partial charge < -0.3 is 23.7 Å². The molecule has 0 saturated heterocycles. The normalized spacial score (nSPS) is 12.7.